The number of nitrogens with zero attached hydrogens (tertiary/aromatic N) is 1. The molecule has 1 saturated heterocycles. The minimum absolute atomic E-state index is 0.156. The second kappa shape index (κ2) is 6.80. The predicted molar refractivity (Wildman–Crippen MR) is 89.4 cm³/mol. The molecule has 3 rings (SSSR count). The highest BCUT2D eigenvalue weighted by molar-refractivity contribution is 7.89. The van der Waals surface area contributed by atoms with Crippen LogP contribution in [0.25, 0.3) is 11.1 Å². The first-order valence-electron chi connectivity index (χ1n) is 7.70. The number of hydrogen-bond acceptors (Lipinski definition) is 4. The van der Waals surface area contributed by atoms with Gasteiger partial charge in [-0.15, -0.1) is 0 Å². The van der Waals surface area contributed by atoms with E-state index in [2.05, 4.69) is 0 Å². The largest absolute Gasteiger partial charge is 0.389 e. The van der Waals surface area contributed by atoms with Crippen LogP contribution in [0, 0.1) is 5.82 Å². The molecule has 25 heavy (non-hydrogen) atoms. The van der Waals surface area contributed by atoms with E-state index in [4.69, 9.17) is 5.14 Å². The second-order valence-corrected chi connectivity index (χ2v) is 7.73. The van der Waals surface area contributed by atoms with Gasteiger partial charge in [-0.2, -0.15) is 0 Å². The minimum Gasteiger partial charge on any atom is -0.389 e. The number of alkyl halides is 1. The number of sulfonamides is 1. The number of aliphatic hydroxyl groups excluding tert-OH is 1. The maximum absolute atomic E-state index is 14.3. The van der Waals surface area contributed by atoms with Crippen molar-refractivity contribution in [1.82, 2.24) is 4.90 Å². The van der Waals surface area contributed by atoms with Gasteiger partial charge in [0.15, 0.2) is 0 Å². The maximum Gasteiger partial charge on any atom is 0.238 e. The first kappa shape index (κ1) is 17.9. The summed E-state index contributed by atoms with van der Waals surface area (Å²) in [5.74, 6) is -0.691. The van der Waals surface area contributed by atoms with Gasteiger partial charge in [0.1, 0.15) is 12.0 Å². The van der Waals surface area contributed by atoms with E-state index < -0.39 is 28.1 Å². The molecular weight excluding hydrogens is 350 g/mol. The molecule has 8 heteroatoms. The third kappa shape index (κ3) is 4.04. The van der Waals surface area contributed by atoms with Gasteiger partial charge in [-0.25, -0.2) is 22.3 Å². The number of primary sulfonamides is 1. The zero-order valence-corrected chi connectivity index (χ0v) is 14.1. The number of hydrogen-bond donors (Lipinski definition) is 2. The zero-order chi connectivity index (χ0) is 18.2. The number of aliphatic hydroxyl groups is 1. The van der Waals surface area contributed by atoms with E-state index >= 15 is 0 Å². The van der Waals surface area contributed by atoms with E-state index in [1.807, 2.05) is 6.07 Å². The molecule has 1 heterocycles. The molecule has 0 unspecified atom stereocenters. The fraction of sp³-hybridized carbons (Fsp3) is 0.294. The minimum atomic E-state index is -3.96. The van der Waals surface area contributed by atoms with Gasteiger partial charge in [-0.05, 0) is 29.3 Å². The third-order valence-corrected chi connectivity index (χ3v) is 5.12. The zero-order valence-electron chi connectivity index (χ0n) is 13.3. The first-order valence-corrected chi connectivity index (χ1v) is 9.25. The first-order chi connectivity index (χ1) is 11.7. The number of halogens is 2. The lowest BCUT2D eigenvalue weighted by molar-refractivity contribution is 0.115. The quantitative estimate of drug-likeness (QED) is 0.860. The van der Waals surface area contributed by atoms with Crippen LogP contribution in [0.5, 0.6) is 0 Å². The van der Waals surface area contributed by atoms with Crippen LogP contribution in [0.15, 0.2) is 47.4 Å². The molecule has 5 nitrogen and oxygen atoms in total. The Morgan fingerprint density at radius 2 is 1.96 bits per heavy atom. The molecule has 0 spiro atoms. The van der Waals surface area contributed by atoms with E-state index in [0.717, 1.165) is 11.6 Å². The lowest BCUT2D eigenvalue weighted by atomic mass is 10.0. The smallest absolute Gasteiger partial charge is 0.238 e. The Hall–Kier alpha value is -1.87. The molecule has 2 aromatic rings. The molecule has 2 aromatic carbocycles. The normalized spacial score (nSPS) is 21.6. The number of nitrogens with two attached hydrogens (primary N) is 1. The Balaban J connectivity index is 1.84. The van der Waals surface area contributed by atoms with Crippen LogP contribution in [0.4, 0.5) is 8.78 Å². The van der Waals surface area contributed by atoms with Gasteiger partial charge in [0, 0.05) is 25.2 Å². The lowest BCUT2D eigenvalue weighted by Gasteiger charge is -2.15. The average molecular weight is 368 g/mol. The molecule has 1 aliphatic rings. The summed E-state index contributed by atoms with van der Waals surface area (Å²) >= 11 is 0. The highest BCUT2D eigenvalue weighted by Crippen LogP contribution is 2.26. The van der Waals surface area contributed by atoms with Crippen LogP contribution in [-0.2, 0) is 16.6 Å². The molecule has 2 atom stereocenters. The standard InChI is InChI=1S/C17H18F2N2O3S/c18-15-7-13(25(20,23)24)4-5-14(15)12-3-1-2-11(6-12)8-21-9-16(19)17(22)10-21/h1-7,16-17,22H,8-10H2,(H2,20,23,24)/t16-,17-/m1/s1. The van der Waals surface area contributed by atoms with Crippen molar-refractivity contribution in [3.05, 3.63) is 53.8 Å². The molecule has 3 N–H and O–H groups in total. The van der Waals surface area contributed by atoms with E-state index in [-0.39, 0.29) is 23.5 Å². The third-order valence-electron chi connectivity index (χ3n) is 4.21. The van der Waals surface area contributed by atoms with Crippen molar-refractivity contribution in [2.45, 2.75) is 23.7 Å². The van der Waals surface area contributed by atoms with Gasteiger partial charge in [-0.1, -0.05) is 24.3 Å². The van der Waals surface area contributed by atoms with Gasteiger partial charge in [0.05, 0.1) is 11.0 Å². The molecule has 134 valence electrons. The Kier molecular flexibility index (Phi) is 4.88. The fourth-order valence-electron chi connectivity index (χ4n) is 2.95. The van der Waals surface area contributed by atoms with Crippen molar-refractivity contribution < 1.29 is 22.3 Å². The summed E-state index contributed by atoms with van der Waals surface area (Å²) in [6, 6.07) is 10.6. The molecular formula is C17H18F2N2O3S. The fourth-order valence-corrected chi connectivity index (χ4v) is 3.48. The molecule has 0 aromatic heterocycles. The van der Waals surface area contributed by atoms with Crippen LogP contribution in [-0.4, -0.2) is 43.8 Å². The van der Waals surface area contributed by atoms with Crippen molar-refractivity contribution in [2.24, 2.45) is 5.14 Å². The van der Waals surface area contributed by atoms with Gasteiger partial charge in [-0.3, -0.25) is 4.90 Å². The molecule has 0 saturated carbocycles. The summed E-state index contributed by atoms with van der Waals surface area (Å²) in [6.07, 6.45) is -2.24. The van der Waals surface area contributed by atoms with E-state index in [1.54, 1.807) is 23.1 Å². The van der Waals surface area contributed by atoms with Crippen LogP contribution >= 0.6 is 0 Å². The van der Waals surface area contributed by atoms with Crippen LogP contribution in [0.3, 0.4) is 0 Å². The van der Waals surface area contributed by atoms with Crippen molar-refractivity contribution in [2.75, 3.05) is 13.1 Å². The van der Waals surface area contributed by atoms with Gasteiger partial charge >= 0.3 is 0 Å². The molecule has 1 aliphatic heterocycles. The number of β-amino-alcohol motifs (C(OH)–C–C–N with tert-alkyl or cyclic N) is 1. The Bertz CT molecular complexity index is 879. The maximum atomic E-state index is 14.3. The summed E-state index contributed by atoms with van der Waals surface area (Å²) in [6.45, 7) is 0.841. The summed E-state index contributed by atoms with van der Waals surface area (Å²) in [5.41, 5.74) is 1.67. The van der Waals surface area contributed by atoms with E-state index in [9.17, 15) is 22.3 Å². The Morgan fingerprint density at radius 3 is 2.56 bits per heavy atom. The summed E-state index contributed by atoms with van der Waals surface area (Å²) in [5, 5.41) is 14.5. The number of rotatable bonds is 4. The Morgan fingerprint density at radius 1 is 1.20 bits per heavy atom. The highest BCUT2D eigenvalue weighted by Gasteiger charge is 2.30. The summed E-state index contributed by atoms with van der Waals surface area (Å²) < 4.78 is 50.3. The van der Waals surface area contributed by atoms with Gasteiger partial charge < -0.3 is 5.11 Å². The molecule has 0 radical (unpaired) electrons. The number of likely N-dealkylation sites (tertiary alicyclic amines) is 1. The van der Waals surface area contributed by atoms with Crippen molar-refractivity contribution >= 4 is 10.0 Å². The lowest BCUT2D eigenvalue weighted by Crippen LogP contribution is -2.21. The van der Waals surface area contributed by atoms with Crippen molar-refractivity contribution in [3.63, 3.8) is 0 Å². The van der Waals surface area contributed by atoms with E-state index in [1.165, 1.54) is 12.1 Å². The van der Waals surface area contributed by atoms with Gasteiger partial charge in [0.25, 0.3) is 0 Å². The molecule has 0 amide bonds. The van der Waals surface area contributed by atoms with Crippen molar-refractivity contribution in [3.8, 4) is 11.1 Å². The Labute approximate surface area is 144 Å². The average Bonchev–Trinajstić information content (AvgIpc) is 2.84. The van der Waals surface area contributed by atoms with E-state index in [0.29, 0.717) is 12.1 Å². The molecule has 0 bridgehead atoms. The number of benzene rings is 2. The van der Waals surface area contributed by atoms with Crippen LogP contribution < -0.4 is 5.14 Å². The topological polar surface area (TPSA) is 83.6 Å². The van der Waals surface area contributed by atoms with Crippen LogP contribution in [0.1, 0.15) is 5.56 Å². The monoisotopic (exact) mass is 368 g/mol. The summed E-state index contributed by atoms with van der Waals surface area (Å²) in [7, 11) is -3.96. The predicted octanol–water partition coefficient (Wildman–Crippen LogP) is 1.65. The second-order valence-electron chi connectivity index (χ2n) is 6.16. The molecule has 1 fully saturated rings. The SMILES string of the molecule is NS(=O)(=O)c1ccc(-c2cccc(CN3C[C@@H](O)[C@H](F)C3)c2)c(F)c1. The summed E-state index contributed by atoms with van der Waals surface area (Å²) in [4.78, 5) is 1.50. The van der Waals surface area contributed by atoms with Crippen molar-refractivity contribution in [1.29, 1.82) is 0 Å². The van der Waals surface area contributed by atoms with Gasteiger partial charge in [0.2, 0.25) is 10.0 Å². The van der Waals surface area contributed by atoms with Crippen LogP contribution in [0.2, 0.25) is 0 Å². The molecule has 0 aliphatic carbocycles. The highest BCUT2D eigenvalue weighted by atomic mass is 32.2.